The van der Waals surface area contributed by atoms with E-state index in [1.165, 1.54) is 6.07 Å². The number of aromatic amines is 1. The van der Waals surface area contributed by atoms with Crippen molar-refractivity contribution < 1.29 is 13.9 Å². The van der Waals surface area contributed by atoms with Crippen LogP contribution in [0.4, 0.5) is 26.4 Å². The maximum Gasteiger partial charge on any atom is 0.323 e. The highest BCUT2D eigenvalue weighted by molar-refractivity contribution is 6.04. The number of aryl methyl sites for hydroxylation is 1. The van der Waals surface area contributed by atoms with Crippen LogP contribution in [0.25, 0.3) is 22.0 Å². The summed E-state index contributed by atoms with van der Waals surface area (Å²) in [4.78, 5) is 14.6. The molecule has 1 aromatic heterocycles. The van der Waals surface area contributed by atoms with Gasteiger partial charge in [0.1, 0.15) is 23.7 Å². The van der Waals surface area contributed by atoms with Crippen molar-refractivity contribution in [1.82, 2.24) is 15.1 Å². The predicted octanol–water partition coefficient (Wildman–Crippen LogP) is 5.62. The number of anilines is 3. The van der Waals surface area contributed by atoms with Crippen LogP contribution >= 0.6 is 0 Å². The van der Waals surface area contributed by atoms with Gasteiger partial charge in [-0.25, -0.2) is 9.18 Å². The molecule has 36 heavy (non-hydrogen) atoms. The lowest BCUT2D eigenvalue weighted by Crippen LogP contribution is -2.27. The maximum atomic E-state index is 13.9. The van der Waals surface area contributed by atoms with E-state index in [0.717, 1.165) is 47.2 Å². The Morgan fingerprint density at radius 2 is 1.83 bits per heavy atom. The van der Waals surface area contributed by atoms with Gasteiger partial charge in [0.2, 0.25) is 0 Å². The molecule has 8 nitrogen and oxygen atoms in total. The number of H-pyrrole nitrogens is 1. The van der Waals surface area contributed by atoms with E-state index >= 15 is 0 Å². The van der Waals surface area contributed by atoms with Gasteiger partial charge in [0.15, 0.2) is 5.82 Å². The molecule has 0 aliphatic heterocycles. The van der Waals surface area contributed by atoms with E-state index in [1.54, 1.807) is 24.3 Å². The van der Waals surface area contributed by atoms with Gasteiger partial charge in [-0.15, -0.1) is 0 Å². The molecule has 0 fully saturated rings. The second kappa shape index (κ2) is 11.1. The number of likely N-dealkylation sites (N-methyl/N-ethyl adjacent to an activating group) is 1. The van der Waals surface area contributed by atoms with Crippen LogP contribution in [0.5, 0.6) is 5.75 Å². The molecule has 0 aliphatic rings. The fraction of sp³-hybridized carbons (Fsp3) is 0.259. The van der Waals surface area contributed by atoms with Gasteiger partial charge < -0.3 is 26.0 Å². The number of halogens is 1. The van der Waals surface area contributed by atoms with Gasteiger partial charge in [0.25, 0.3) is 0 Å². The van der Waals surface area contributed by atoms with Crippen LogP contribution in [0, 0.1) is 12.7 Å². The first-order valence-electron chi connectivity index (χ1n) is 12.0. The number of carbonyl (C=O) groups excluding carboxylic acids is 1. The molecule has 1 heterocycles. The minimum Gasteiger partial charge on any atom is -0.490 e. The summed E-state index contributed by atoms with van der Waals surface area (Å²) in [5, 5.41) is 13.2. The van der Waals surface area contributed by atoms with E-state index in [-0.39, 0.29) is 5.69 Å². The fourth-order valence-electron chi connectivity index (χ4n) is 4.07. The fourth-order valence-corrected chi connectivity index (χ4v) is 4.07. The molecule has 4 rings (SSSR count). The normalized spacial score (nSPS) is 11.1. The molecule has 3 aromatic carbocycles. The summed E-state index contributed by atoms with van der Waals surface area (Å²) in [7, 11) is 0. The molecule has 0 aliphatic carbocycles. The average Bonchev–Trinajstić information content (AvgIpc) is 3.26. The smallest absolute Gasteiger partial charge is 0.323 e. The Bertz CT molecular complexity index is 1350. The van der Waals surface area contributed by atoms with Crippen LogP contribution in [-0.4, -0.2) is 47.4 Å². The standard InChI is InChI=1S/C27H31FN6O2/c1-4-34(5-2)14-15-36-23-13-11-20(24-25(23)32-33-26(24)29)18-7-9-19(10-8-18)30-27(35)31-22-16-17(3)6-12-21(22)28/h6-13,16H,4-5,14-15H2,1-3H3,(H3,29,32,33)(H2,30,31,35). The number of rotatable bonds is 9. The number of benzene rings is 3. The Hall–Kier alpha value is -4.11. The quantitative estimate of drug-likeness (QED) is 0.243. The summed E-state index contributed by atoms with van der Waals surface area (Å²) in [5.41, 5.74) is 10.3. The molecule has 4 aromatic rings. The van der Waals surface area contributed by atoms with Crippen LogP contribution in [0.3, 0.4) is 0 Å². The van der Waals surface area contributed by atoms with Gasteiger partial charge >= 0.3 is 6.03 Å². The minimum absolute atomic E-state index is 0.126. The van der Waals surface area contributed by atoms with Crippen molar-refractivity contribution in [3.8, 4) is 16.9 Å². The molecular weight excluding hydrogens is 459 g/mol. The number of ether oxygens (including phenoxy) is 1. The Kier molecular flexibility index (Phi) is 7.70. The van der Waals surface area contributed by atoms with Crippen molar-refractivity contribution in [1.29, 1.82) is 0 Å². The van der Waals surface area contributed by atoms with Crippen molar-refractivity contribution in [2.24, 2.45) is 0 Å². The van der Waals surface area contributed by atoms with E-state index in [0.29, 0.717) is 23.9 Å². The van der Waals surface area contributed by atoms with Crippen molar-refractivity contribution in [2.45, 2.75) is 20.8 Å². The third-order valence-corrected chi connectivity index (χ3v) is 6.09. The van der Waals surface area contributed by atoms with Gasteiger partial charge in [-0.1, -0.05) is 32.0 Å². The van der Waals surface area contributed by atoms with E-state index in [9.17, 15) is 9.18 Å². The van der Waals surface area contributed by atoms with Gasteiger partial charge in [-0.2, -0.15) is 5.10 Å². The number of urea groups is 1. The molecule has 0 spiro atoms. The Morgan fingerprint density at radius 1 is 1.08 bits per heavy atom. The Morgan fingerprint density at radius 3 is 2.56 bits per heavy atom. The highest BCUT2D eigenvalue weighted by atomic mass is 19.1. The number of nitrogens with zero attached hydrogens (tertiary/aromatic N) is 2. The number of hydrogen-bond acceptors (Lipinski definition) is 5. The molecule has 0 atom stereocenters. The summed E-state index contributed by atoms with van der Waals surface area (Å²) in [6.45, 7) is 9.42. The molecule has 0 radical (unpaired) electrons. The molecule has 188 valence electrons. The van der Waals surface area contributed by atoms with E-state index in [2.05, 4.69) is 39.6 Å². The van der Waals surface area contributed by atoms with Crippen molar-refractivity contribution in [3.63, 3.8) is 0 Å². The number of nitrogens with one attached hydrogen (secondary N) is 3. The van der Waals surface area contributed by atoms with Crippen LogP contribution in [0.1, 0.15) is 19.4 Å². The predicted molar refractivity (Wildman–Crippen MR) is 143 cm³/mol. The first-order chi connectivity index (χ1) is 17.4. The third kappa shape index (κ3) is 5.58. The van der Waals surface area contributed by atoms with Gasteiger partial charge in [-0.05, 0) is 73.1 Å². The maximum absolute atomic E-state index is 13.9. The van der Waals surface area contributed by atoms with Crippen molar-refractivity contribution in [3.05, 3.63) is 66.0 Å². The van der Waals surface area contributed by atoms with E-state index in [4.69, 9.17) is 10.5 Å². The molecule has 9 heteroatoms. The number of amides is 2. The SMILES string of the molecule is CCN(CC)CCOc1ccc(-c2ccc(NC(=O)Nc3cc(C)ccc3F)cc2)c2c(N)n[nH]c12. The molecule has 0 unspecified atom stereocenters. The number of hydrogen-bond donors (Lipinski definition) is 4. The molecule has 0 saturated carbocycles. The van der Waals surface area contributed by atoms with Gasteiger partial charge in [0.05, 0.1) is 11.1 Å². The van der Waals surface area contributed by atoms with Crippen molar-refractivity contribution in [2.75, 3.05) is 42.6 Å². The largest absolute Gasteiger partial charge is 0.490 e. The highest BCUT2D eigenvalue weighted by Gasteiger charge is 2.15. The second-order valence-electron chi connectivity index (χ2n) is 8.49. The lowest BCUT2D eigenvalue weighted by atomic mass is 10.0. The zero-order valence-electron chi connectivity index (χ0n) is 20.7. The Balaban J connectivity index is 1.49. The zero-order chi connectivity index (χ0) is 25.7. The lowest BCUT2D eigenvalue weighted by molar-refractivity contribution is 0.224. The van der Waals surface area contributed by atoms with Crippen LogP contribution in [0.2, 0.25) is 0 Å². The topological polar surface area (TPSA) is 108 Å². The van der Waals surface area contributed by atoms with Crippen LogP contribution in [-0.2, 0) is 0 Å². The summed E-state index contributed by atoms with van der Waals surface area (Å²) in [5.74, 6) is 0.590. The monoisotopic (exact) mass is 490 g/mol. The minimum atomic E-state index is -0.528. The van der Waals surface area contributed by atoms with Gasteiger partial charge in [-0.3, -0.25) is 5.10 Å². The number of nitrogens with two attached hydrogens (primary N) is 1. The Labute approximate surface area is 209 Å². The number of carbonyl (C=O) groups is 1. The lowest BCUT2D eigenvalue weighted by Gasteiger charge is -2.18. The molecular formula is C27H31FN6O2. The van der Waals surface area contributed by atoms with E-state index < -0.39 is 11.8 Å². The number of fused-ring (bicyclic) bond motifs is 1. The molecule has 2 amide bonds. The summed E-state index contributed by atoms with van der Waals surface area (Å²) in [6.07, 6.45) is 0. The second-order valence-corrected chi connectivity index (χ2v) is 8.49. The highest BCUT2D eigenvalue weighted by Crippen LogP contribution is 2.36. The van der Waals surface area contributed by atoms with Crippen LogP contribution < -0.4 is 21.1 Å². The van der Waals surface area contributed by atoms with Gasteiger partial charge in [0, 0.05) is 12.2 Å². The molecule has 0 bridgehead atoms. The average molecular weight is 491 g/mol. The third-order valence-electron chi connectivity index (χ3n) is 6.09. The van der Waals surface area contributed by atoms with E-state index in [1.807, 2.05) is 31.2 Å². The zero-order valence-corrected chi connectivity index (χ0v) is 20.7. The summed E-state index contributed by atoms with van der Waals surface area (Å²) in [6, 6.07) is 15.2. The first-order valence-corrected chi connectivity index (χ1v) is 12.0. The molecule has 5 N–H and O–H groups in total. The first kappa shape index (κ1) is 25.0. The van der Waals surface area contributed by atoms with Crippen molar-refractivity contribution >= 4 is 34.1 Å². The number of nitrogen functional groups attached to an aromatic ring is 1. The molecule has 0 saturated heterocycles. The van der Waals surface area contributed by atoms with Crippen LogP contribution in [0.15, 0.2) is 54.6 Å². The number of aromatic nitrogens is 2. The summed E-state index contributed by atoms with van der Waals surface area (Å²) >= 11 is 0. The summed E-state index contributed by atoms with van der Waals surface area (Å²) < 4.78 is 20.0.